The molecule has 3 aromatic rings. The van der Waals surface area contributed by atoms with Gasteiger partial charge in [-0.2, -0.15) is 0 Å². The molecule has 5 heteroatoms. The third-order valence-electron chi connectivity index (χ3n) is 2.81. The Morgan fingerprint density at radius 1 is 1.10 bits per heavy atom. The number of para-hydroxylation sites is 1. The number of pyridine rings is 1. The van der Waals surface area contributed by atoms with Gasteiger partial charge in [-0.3, -0.25) is 4.98 Å². The van der Waals surface area contributed by atoms with Crippen LogP contribution in [-0.4, -0.2) is 21.5 Å². The molecule has 0 spiro atoms. The zero-order chi connectivity index (χ0) is 13.8. The van der Waals surface area contributed by atoms with Crippen molar-refractivity contribution in [1.29, 1.82) is 0 Å². The van der Waals surface area contributed by atoms with Crippen LogP contribution in [0.2, 0.25) is 0 Å². The van der Waals surface area contributed by atoms with Crippen LogP contribution in [0.5, 0.6) is 11.6 Å². The molecule has 0 radical (unpaired) electrons. The minimum atomic E-state index is 0.495. The van der Waals surface area contributed by atoms with Crippen molar-refractivity contribution in [2.24, 2.45) is 0 Å². The summed E-state index contributed by atoms with van der Waals surface area (Å²) in [5, 5.41) is 4.16. The first-order valence-corrected chi connectivity index (χ1v) is 6.44. The van der Waals surface area contributed by atoms with Crippen molar-refractivity contribution in [2.45, 2.75) is 6.92 Å². The summed E-state index contributed by atoms with van der Waals surface area (Å²) in [5.74, 6) is 1.92. The minimum absolute atomic E-state index is 0.495. The molecule has 0 bridgehead atoms. The maximum Gasteiger partial charge on any atom is 0.224 e. The van der Waals surface area contributed by atoms with E-state index in [0.717, 1.165) is 23.3 Å². The molecular formula is C15H14N4O. The van der Waals surface area contributed by atoms with Gasteiger partial charge in [0.2, 0.25) is 5.88 Å². The van der Waals surface area contributed by atoms with Gasteiger partial charge in [-0.25, -0.2) is 9.97 Å². The van der Waals surface area contributed by atoms with Crippen LogP contribution in [0.1, 0.15) is 6.92 Å². The van der Waals surface area contributed by atoms with Gasteiger partial charge in [0.1, 0.15) is 17.7 Å². The zero-order valence-electron chi connectivity index (χ0n) is 11.1. The SMILES string of the molecule is CCNc1cc(Oc2cccc3cccnc23)ncn1. The van der Waals surface area contributed by atoms with E-state index in [1.54, 1.807) is 12.3 Å². The Hall–Kier alpha value is -2.69. The van der Waals surface area contributed by atoms with Crippen LogP contribution in [-0.2, 0) is 0 Å². The zero-order valence-corrected chi connectivity index (χ0v) is 11.1. The molecule has 0 atom stereocenters. The third kappa shape index (κ3) is 2.51. The van der Waals surface area contributed by atoms with E-state index in [2.05, 4.69) is 20.3 Å². The molecule has 0 unspecified atom stereocenters. The number of rotatable bonds is 4. The molecule has 0 aliphatic carbocycles. The van der Waals surface area contributed by atoms with Gasteiger partial charge in [-0.05, 0) is 19.1 Å². The van der Waals surface area contributed by atoms with Crippen LogP contribution < -0.4 is 10.1 Å². The van der Waals surface area contributed by atoms with Crippen molar-refractivity contribution < 1.29 is 4.74 Å². The maximum atomic E-state index is 5.83. The largest absolute Gasteiger partial charge is 0.437 e. The molecular weight excluding hydrogens is 252 g/mol. The number of anilines is 1. The fourth-order valence-corrected chi connectivity index (χ4v) is 1.94. The lowest BCUT2D eigenvalue weighted by Gasteiger charge is -2.08. The standard InChI is InChI=1S/C15H14N4O/c1-2-16-13-9-14(19-10-18-13)20-12-7-3-5-11-6-4-8-17-15(11)12/h3-10H,2H2,1H3,(H,16,18,19). The van der Waals surface area contributed by atoms with E-state index in [-0.39, 0.29) is 0 Å². The fraction of sp³-hybridized carbons (Fsp3) is 0.133. The van der Waals surface area contributed by atoms with Gasteiger partial charge in [0.15, 0.2) is 5.75 Å². The number of fused-ring (bicyclic) bond motifs is 1. The average Bonchev–Trinajstić information content (AvgIpc) is 2.48. The monoisotopic (exact) mass is 266 g/mol. The van der Waals surface area contributed by atoms with Gasteiger partial charge < -0.3 is 10.1 Å². The highest BCUT2D eigenvalue weighted by Crippen LogP contribution is 2.27. The van der Waals surface area contributed by atoms with Crippen LogP contribution in [0.4, 0.5) is 5.82 Å². The molecule has 3 rings (SSSR count). The van der Waals surface area contributed by atoms with Crippen LogP contribution >= 0.6 is 0 Å². The van der Waals surface area contributed by atoms with Gasteiger partial charge >= 0.3 is 0 Å². The van der Waals surface area contributed by atoms with Crippen molar-refractivity contribution >= 4 is 16.7 Å². The molecule has 20 heavy (non-hydrogen) atoms. The van der Waals surface area contributed by atoms with E-state index in [1.807, 2.05) is 37.3 Å². The summed E-state index contributed by atoms with van der Waals surface area (Å²) >= 11 is 0. The molecule has 2 heterocycles. The number of ether oxygens (including phenoxy) is 1. The molecule has 0 aliphatic rings. The maximum absolute atomic E-state index is 5.83. The molecule has 100 valence electrons. The highest BCUT2D eigenvalue weighted by molar-refractivity contribution is 5.84. The molecule has 1 N–H and O–H groups in total. The number of aromatic nitrogens is 3. The second-order valence-corrected chi connectivity index (χ2v) is 4.21. The lowest BCUT2D eigenvalue weighted by molar-refractivity contribution is 0.466. The van der Waals surface area contributed by atoms with Crippen LogP contribution in [0.15, 0.2) is 48.9 Å². The first kappa shape index (κ1) is 12.3. The van der Waals surface area contributed by atoms with E-state index in [0.29, 0.717) is 11.6 Å². The summed E-state index contributed by atoms with van der Waals surface area (Å²) in [6.45, 7) is 2.81. The predicted molar refractivity (Wildman–Crippen MR) is 78.0 cm³/mol. The Morgan fingerprint density at radius 3 is 2.90 bits per heavy atom. The first-order chi connectivity index (χ1) is 9.86. The van der Waals surface area contributed by atoms with Crippen LogP contribution in [0.25, 0.3) is 10.9 Å². The normalized spacial score (nSPS) is 10.4. The average molecular weight is 266 g/mol. The number of hydrogen-bond acceptors (Lipinski definition) is 5. The Kier molecular flexibility index (Phi) is 3.41. The molecule has 5 nitrogen and oxygen atoms in total. The molecule has 2 aromatic heterocycles. The summed E-state index contributed by atoms with van der Waals surface area (Å²) < 4.78 is 5.83. The van der Waals surface area contributed by atoms with Crippen molar-refractivity contribution in [2.75, 3.05) is 11.9 Å². The van der Waals surface area contributed by atoms with Crippen molar-refractivity contribution in [3.8, 4) is 11.6 Å². The van der Waals surface area contributed by atoms with Gasteiger partial charge in [-0.1, -0.05) is 18.2 Å². The highest BCUT2D eigenvalue weighted by Gasteiger charge is 2.06. The van der Waals surface area contributed by atoms with Crippen molar-refractivity contribution in [3.63, 3.8) is 0 Å². The number of hydrogen-bond donors (Lipinski definition) is 1. The summed E-state index contributed by atoms with van der Waals surface area (Å²) in [4.78, 5) is 12.6. The smallest absolute Gasteiger partial charge is 0.224 e. The van der Waals surface area contributed by atoms with Crippen molar-refractivity contribution in [1.82, 2.24) is 15.0 Å². The highest BCUT2D eigenvalue weighted by atomic mass is 16.5. The summed E-state index contributed by atoms with van der Waals surface area (Å²) in [6.07, 6.45) is 3.23. The van der Waals surface area contributed by atoms with Gasteiger partial charge in [0, 0.05) is 24.2 Å². The lowest BCUT2D eigenvalue weighted by atomic mass is 10.2. The quantitative estimate of drug-likeness (QED) is 0.785. The number of nitrogens with zero attached hydrogens (tertiary/aromatic N) is 3. The van der Waals surface area contributed by atoms with Gasteiger partial charge in [0.05, 0.1) is 0 Å². The Labute approximate surface area is 116 Å². The number of benzene rings is 1. The molecule has 1 aromatic carbocycles. The summed E-state index contributed by atoms with van der Waals surface area (Å²) in [7, 11) is 0. The Morgan fingerprint density at radius 2 is 2.00 bits per heavy atom. The van der Waals surface area contributed by atoms with Gasteiger partial charge in [0.25, 0.3) is 0 Å². The Bertz CT molecular complexity index is 724. The molecule has 0 amide bonds. The fourth-order valence-electron chi connectivity index (χ4n) is 1.94. The molecule has 0 fully saturated rings. The van der Waals surface area contributed by atoms with E-state index >= 15 is 0 Å². The van der Waals surface area contributed by atoms with Crippen LogP contribution in [0, 0.1) is 0 Å². The molecule has 0 saturated carbocycles. The molecule has 0 saturated heterocycles. The van der Waals surface area contributed by atoms with Crippen LogP contribution in [0.3, 0.4) is 0 Å². The predicted octanol–water partition coefficient (Wildman–Crippen LogP) is 3.25. The number of nitrogens with one attached hydrogen (secondary N) is 1. The topological polar surface area (TPSA) is 59.9 Å². The molecule has 0 aliphatic heterocycles. The minimum Gasteiger partial charge on any atom is -0.437 e. The second-order valence-electron chi connectivity index (χ2n) is 4.21. The third-order valence-corrected chi connectivity index (χ3v) is 2.81. The van der Waals surface area contributed by atoms with Crippen molar-refractivity contribution in [3.05, 3.63) is 48.9 Å². The first-order valence-electron chi connectivity index (χ1n) is 6.44. The second kappa shape index (κ2) is 5.52. The van der Waals surface area contributed by atoms with E-state index < -0.39 is 0 Å². The lowest BCUT2D eigenvalue weighted by Crippen LogP contribution is -2.00. The van der Waals surface area contributed by atoms with E-state index in [9.17, 15) is 0 Å². The van der Waals surface area contributed by atoms with Gasteiger partial charge in [-0.15, -0.1) is 0 Å². The Balaban J connectivity index is 1.95. The summed E-state index contributed by atoms with van der Waals surface area (Å²) in [5.41, 5.74) is 0.818. The summed E-state index contributed by atoms with van der Waals surface area (Å²) in [6, 6.07) is 11.5. The van der Waals surface area contributed by atoms with E-state index in [1.165, 1.54) is 6.33 Å². The van der Waals surface area contributed by atoms with E-state index in [4.69, 9.17) is 4.74 Å².